The molecule has 2 aliphatic heterocycles. The van der Waals surface area contributed by atoms with Crippen molar-refractivity contribution in [3.63, 3.8) is 0 Å². The highest BCUT2D eigenvalue weighted by Gasteiger charge is 2.61. The number of H-pyrrole nitrogens is 1. The van der Waals surface area contributed by atoms with E-state index in [0.29, 0.717) is 29.8 Å². The first-order valence-electron chi connectivity index (χ1n) is 22.8. The van der Waals surface area contributed by atoms with Crippen molar-refractivity contribution < 1.29 is 62.5 Å². The number of carbonyl (C=O) groups is 4. The molecule has 2 fully saturated rings. The van der Waals surface area contributed by atoms with Gasteiger partial charge in [0.25, 0.3) is 0 Å². The van der Waals surface area contributed by atoms with Crippen LogP contribution in [0.25, 0.3) is 21.8 Å². The van der Waals surface area contributed by atoms with Crippen molar-refractivity contribution in [1.29, 1.82) is 0 Å². The molecule has 2 aromatic heterocycles. The number of hydrogen-bond acceptors (Lipinski definition) is 18. The molecule has 0 radical (unpaired) electrons. The number of methoxy groups -OCH3 is 2. The molecule has 4 heterocycles. The van der Waals surface area contributed by atoms with Crippen molar-refractivity contribution in [3.8, 4) is 29.4 Å². The number of aliphatic hydroxyl groups is 2. The SMILES string of the molecule is COC(=O)NC1C(=O)C[C@H](O)/C(=C/CSC(C)=O)C2=C1C#C/C=C\C#C[C@@H]2OC1OC(C)C(SC)(C(=O)c2nccc3c2[nH]c2ccc(OCCN)cc23)C(O)C1OC1CC(OC)C(NC(C)C)CO1. The first-order chi connectivity index (χ1) is 33.6. The largest absolute Gasteiger partial charge is 0.492 e. The van der Waals surface area contributed by atoms with Gasteiger partial charge in [0.05, 0.1) is 43.6 Å². The van der Waals surface area contributed by atoms with Gasteiger partial charge in [0.15, 0.2) is 23.5 Å². The predicted octanol–water partition coefficient (Wildman–Crippen LogP) is 3.48. The zero-order valence-electron chi connectivity index (χ0n) is 39.9. The second-order valence-corrected chi connectivity index (χ2v) is 19.5. The topological polar surface area (TPSA) is 252 Å². The molecule has 0 saturated carbocycles. The number of nitrogens with two attached hydrogens (primary N) is 1. The maximum Gasteiger partial charge on any atom is 0.407 e. The minimum atomic E-state index is -1.80. The van der Waals surface area contributed by atoms with Crippen LogP contribution in [0, 0.1) is 23.7 Å². The molecule has 1 amide bonds. The van der Waals surface area contributed by atoms with Gasteiger partial charge in [0.1, 0.15) is 47.2 Å². The Morgan fingerprint density at radius 2 is 1.91 bits per heavy atom. The Labute approximate surface area is 414 Å². The lowest BCUT2D eigenvalue weighted by molar-refractivity contribution is -0.322. The average Bonchev–Trinajstić information content (AvgIpc) is 3.71. The minimum absolute atomic E-state index is 0.0326. The molecule has 0 bridgehead atoms. The number of nitrogens with one attached hydrogen (secondary N) is 3. The van der Waals surface area contributed by atoms with Crippen LogP contribution in [0.2, 0.25) is 0 Å². The number of fused-ring (bicyclic) bond motifs is 3. The number of ketones is 2. The first kappa shape index (κ1) is 52.7. The number of benzene rings is 1. The number of amides is 1. The second-order valence-electron chi connectivity index (χ2n) is 17.2. The van der Waals surface area contributed by atoms with E-state index in [0.717, 1.165) is 41.5 Å². The molecule has 374 valence electrons. The van der Waals surface area contributed by atoms with Crippen molar-refractivity contribution in [1.82, 2.24) is 20.6 Å². The van der Waals surface area contributed by atoms with Crippen LogP contribution in [0.5, 0.6) is 5.75 Å². The summed E-state index contributed by atoms with van der Waals surface area (Å²) in [5.41, 5.74) is 7.18. The molecule has 9 unspecified atom stereocenters. The number of hydrogen-bond donors (Lipinski definition) is 6. The van der Waals surface area contributed by atoms with Crippen LogP contribution in [0.4, 0.5) is 4.79 Å². The molecule has 2 saturated heterocycles. The van der Waals surface area contributed by atoms with Crippen LogP contribution >= 0.6 is 23.5 Å². The molecule has 18 nitrogen and oxygen atoms in total. The zero-order chi connectivity index (χ0) is 50.3. The molecule has 20 heteroatoms. The number of ether oxygens (including phenoxy) is 7. The summed E-state index contributed by atoms with van der Waals surface area (Å²) >= 11 is 2.03. The van der Waals surface area contributed by atoms with Gasteiger partial charge in [-0.15, -0.1) is 11.8 Å². The lowest BCUT2D eigenvalue weighted by Crippen LogP contribution is -2.68. The lowest BCUT2D eigenvalue weighted by Gasteiger charge is -2.51. The minimum Gasteiger partial charge on any atom is -0.492 e. The highest BCUT2D eigenvalue weighted by molar-refractivity contribution is 8.13. The number of Topliss-reactive ketones (excluding diaryl/α,β-unsaturated/α-hetero) is 2. The van der Waals surface area contributed by atoms with Crippen LogP contribution < -0.4 is 21.1 Å². The summed E-state index contributed by atoms with van der Waals surface area (Å²) in [6, 6.07) is 5.77. The summed E-state index contributed by atoms with van der Waals surface area (Å²) in [7, 11) is 2.73. The van der Waals surface area contributed by atoms with Gasteiger partial charge in [-0.05, 0) is 55.2 Å². The normalized spacial score (nSPS) is 30.0. The lowest BCUT2D eigenvalue weighted by atomic mass is 9.83. The van der Waals surface area contributed by atoms with E-state index in [4.69, 9.17) is 38.9 Å². The number of thioether (sulfide) groups is 2. The molecule has 4 aliphatic rings. The molecule has 7 rings (SSSR count). The third-order valence-corrected chi connectivity index (χ3v) is 14.6. The molecule has 1 aromatic carbocycles. The Balaban J connectivity index is 1.35. The maximum atomic E-state index is 15.5. The molecular weight excluding hydrogens is 943 g/mol. The molecule has 70 heavy (non-hydrogen) atoms. The van der Waals surface area contributed by atoms with Crippen molar-refractivity contribution in [2.24, 2.45) is 5.73 Å². The van der Waals surface area contributed by atoms with Crippen LogP contribution in [0.15, 0.2) is 65.4 Å². The molecule has 0 spiro atoms. The van der Waals surface area contributed by atoms with Gasteiger partial charge in [-0.1, -0.05) is 55.4 Å². The number of carbonyl (C=O) groups excluding carboxylic acids is 4. The summed E-state index contributed by atoms with van der Waals surface area (Å²) in [5.74, 6) is 11.3. The maximum absolute atomic E-state index is 15.5. The number of aromatic amines is 1. The highest BCUT2D eigenvalue weighted by atomic mass is 32.2. The number of allylic oxidation sites excluding steroid dienone is 2. The molecule has 3 aromatic rings. The number of rotatable bonds is 16. The number of alkyl carbamates (subject to hydrolysis) is 1. The van der Waals surface area contributed by atoms with Crippen LogP contribution in [0.3, 0.4) is 0 Å². The Hall–Kier alpha value is -5.07. The fourth-order valence-electron chi connectivity index (χ4n) is 9.20. The van der Waals surface area contributed by atoms with E-state index in [1.165, 1.54) is 25.3 Å². The molecule has 2 aliphatic carbocycles. The fourth-order valence-corrected chi connectivity index (χ4v) is 10.7. The first-order valence-corrected chi connectivity index (χ1v) is 25.0. The van der Waals surface area contributed by atoms with E-state index in [9.17, 15) is 24.6 Å². The Bertz CT molecular complexity index is 2680. The standard InChI is InChI=1S/C50H59N5O13S2/c1-26(2)53-35-25-65-40(24-39(35)62-5)68-45-47(60)50(69-7,46(59)44-43-30(16-19-52-44)33-22-29(64-20-18-51)14-15-34(33)54-43)27(3)66-48(45)67-38-13-11-9-8-10-12-32-41(38)31(17-21-70-28(4)56)36(57)23-37(58)42(32)55-49(61)63-6/h8-9,14-17,19,22,26-27,35-36,38-40,42,45,47-48,53-54,57,60H,18,20-21,23-25,51H2,1-7H3,(H,55,61)/b9-8-,31-17-/t27?,35?,36-,38-,39?,40?,42?,45?,47?,48?,50?/m0/s1. The molecular formula is C50H59N5O13S2. The van der Waals surface area contributed by atoms with Crippen LogP contribution in [0.1, 0.15) is 51.0 Å². The van der Waals surface area contributed by atoms with Crippen molar-refractivity contribution >= 4 is 68.1 Å². The summed E-state index contributed by atoms with van der Waals surface area (Å²) in [4.78, 5) is 62.3. The van der Waals surface area contributed by atoms with E-state index in [-0.39, 0.29) is 64.5 Å². The second kappa shape index (κ2) is 23.4. The van der Waals surface area contributed by atoms with Gasteiger partial charge < -0.3 is 64.7 Å². The van der Waals surface area contributed by atoms with Crippen molar-refractivity contribution in [3.05, 3.63) is 71.1 Å². The molecule has 11 atom stereocenters. The average molecular weight is 1000 g/mol. The van der Waals surface area contributed by atoms with Gasteiger partial charge in [0, 0.05) is 78.8 Å². The fraction of sp³-hybridized carbons (Fsp3) is 0.500. The number of aromatic nitrogens is 2. The van der Waals surface area contributed by atoms with Crippen molar-refractivity contribution in [2.75, 3.05) is 46.0 Å². The van der Waals surface area contributed by atoms with Gasteiger partial charge in [0.2, 0.25) is 5.78 Å². The highest BCUT2D eigenvalue weighted by Crippen LogP contribution is 2.46. The smallest absolute Gasteiger partial charge is 0.407 e. The van der Waals surface area contributed by atoms with Gasteiger partial charge in [-0.3, -0.25) is 19.4 Å². The monoisotopic (exact) mass is 1000 g/mol. The number of nitrogens with zero attached hydrogens (tertiary/aromatic N) is 1. The van der Waals surface area contributed by atoms with Gasteiger partial charge >= 0.3 is 6.09 Å². The Kier molecular flexibility index (Phi) is 17.7. The molecule has 7 N–H and O–H groups in total. The zero-order valence-corrected chi connectivity index (χ0v) is 41.6. The Morgan fingerprint density at radius 1 is 1.13 bits per heavy atom. The van der Waals surface area contributed by atoms with Gasteiger partial charge in [-0.25, -0.2) is 4.79 Å². The quantitative estimate of drug-likeness (QED) is 0.0888. The van der Waals surface area contributed by atoms with E-state index in [1.54, 1.807) is 38.5 Å². The number of aliphatic hydroxyl groups excluding tert-OH is 2. The van der Waals surface area contributed by atoms with Crippen LogP contribution in [-0.4, -0.2) is 161 Å². The summed E-state index contributed by atoms with van der Waals surface area (Å²) in [6.07, 6.45) is -3.64. The summed E-state index contributed by atoms with van der Waals surface area (Å²) < 4.78 is 41.5. The van der Waals surface area contributed by atoms with E-state index < -0.39 is 78.0 Å². The van der Waals surface area contributed by atoms with E-state index in [1.807, 2.05) is 26.0 Å². The van der Waals surface area contributed by atoms with E-state index >= 15 is 4.79 Å². The van der Waals surface area contributed by atoms with Crippen molar-refractivity contribution in [2.45, 2.75) is 113 Å². The number of pyridine rings is 1. The third kappa shape index (κ3) is 11.2. The summed E-state index contributed by atoms with van der Waals surface area (Å²) in [6.45, 7) is 7.88. The summed E-state index contributed by atoms with van der Waals surface area (Å²) in [5, 5.41) is 32.1. The Morgan fingerprint density at radius 3 is 2.63 bits per heavy atom. The third-order valence-electron chi connectivity index (χ3n) is 12.4. The van der Waals surface area contributed by atoms with E-state index in [2.05, 4.69) is 44.3 Å². The predicted molar refractivity (Wildman–Crippen MR) is 264 cm³/mol. The van der Waals surface area contributed by atoms with Crippen LogP contribution in [-0.2, 0) is 38.0 Å². The van der Waals surface area contributed by atoms with Gasteiger partial charge in [-0.2, -0.15) is 0 Å².